The van der Waals surface area contributed by atoms with Crippen LogP contribution < -0.4 is 59.7 Å². The summed E-state index contributed by atoms with van der Waals surface area (Å²) in [7, 11) is 1.52. The smallest absolute Gasteiger partial charge is 0.245 e. The second kappa shape index (κ2) is 23.6. The highest BCUT2D eigenvalue weighted by atomic mass is 16.3. The standard InChI is InChI=1S/C33H63N11O8/c1-7-18(4)25-33(52)41-22(9-13-35)28(47)40-23(10-14-36)30(49)44-26(19(5)45)32(51)38-15-11-20(37-6)27(46)39-21(8-12-34)29(48)42-24(16-17(2)3)31(50)43-25/h17-26,37,45H,7-16,34-36H2,1-6H3,(H,38,51)(H,39,46)(H,40,47)(H,41,52)(H,42,48)(H,43,50)(H,44,49). The van der Waals surface area contributed by atoms with Crippen LogP contribution in [0, 0.1) is 11.8 Å². The Kier molecular flexibility index (Phi) is 20.9. The first kappa shape index (κ1) is 46.1. The van der Waals surface area contributed by atoms with E-state index in [0.717, 1.165) is 0 Å². The van der Waals surface area contributed by atoms with E-state index in [4.69, 9.17) is 17.2 Å². The molecule has 1 saturated heterocycles. The monoisotopic (exact) mass is 741 g/mol. The third-order valence-corrected chi connectivity index (χ3v) is 8.86. The van der Waals surface area contributed by atoms with Crippen molar-refractivity contribution in [3.05, 3.63) is 0 Å². The minimum atomic E-state index is -1.44. The van der Waals surface area contributed by atoms with Gasteiger partial charge in [0.05, 0.1) is 12.1 Å². The molecule has 1 heterocycles. The van der Waals surface area contributed by atoms with Gasteiger partial charge in [0.25, 0.3) is 0 Å². The molecule has 1 rings (SSSR count). The largest absolute Gasteiger partial charge is 0.391 e. The molecule has 9 unspecified atom stereocenters. The van der Waals surface area contributed by atoms with Crippen molar-refractivity contribution in [2.24, 2.45) is 29.0 Å². The number of carbonyl (C=O) groups excluding carboxylic acids is 7. The Labute approximate surface area is 306 Å². The quantitative estimate of drug-likeness (QED) is 0.0901. The zero-order valence-corrected chi connectivity index (χ0v) is 31.4. The average molecular weight is 742 g/mol. The number of aliphatic hydroxyl groups is 1. The Morgan fingerprint density at radius 3 is 1.50 bits per heavy atom. The van der Waals surface area contributed by atoms with E-state index < -0.39 is 95.7 Å². The van der Waals surface area contributed by atoms with Gasteiger partial charge in [-0.25, -0.2) is 0 Å². The Balaban J connectivity index is 3.67. The van der Waals surface area contributed by atoms with Crippen LogP contribution >= 0.6 is 0 Å². The predicted octanol–water partition coefficient (Wildman–Crippen LogP) is -4.48. The maximum absolute atomic E-state index is 13.8. The van der Waals surface area contributed by atoms with E-state index in [9.17, 15) is 38.7 Å². The molecule has 15 N–H and O–H groups in total. The lowest BCUT2D eigenvalue weighted by molar-refractivity contribution is -0.136. The zero-order valence-electron chi connectivity index (χ0n) is 31.4. The fourth-order valence-corrected chi connectivity index (χ4v) is 5.56. The third kappa shape index (κ3) is 15.0. The summed E-state index contributed by atoms with van der Waals surface area (Å²) in [6, 6.07) is -8.15. The molecule has 0 aromatic heterocycles. The van der Waals surface area contributed by atoms with Gasteiger partial charge in [-0.1, -0.05) is 34.1 Å². The molecule has 7 amide bonds. The number of hydrogen-bond acceptors (Lipinski definition) is 12. The molecule has 0 radical (unpaired) electrons. The Morgan fingerprint density at radius 2 is 1.06 bits per heavy atom. The molecule has 0 aliphatic carbocycles. The summed E-state index contributed by atoms with van der Waals surface area (Å²) in [4.78, 5) is 94.3. The first-order valence-corrected chi connectivity index (χ1v) is 18.1. The number of nitrogens with one attached hydrogen (secondary N) is 8. The van der Waals surface area contributed by atoms with Crippen LogP contribution in [0.5, 0.6) is 0 Å². The highest BCUT2D eigenvalue weighted by Crippen LogP contribution is 2.12. The highest BCUT2D eigenvalue weighted by Gasteiger charge is 2.36. The molecular weight excluding hydrogens is 678 g/mol. The van der Waals surface area contributed by atoms with Crippen molar-refractivity contribution in [2.45, 2.75) is 122 Å². The molecule has 0 bridgehead atoms. The van der Waals surface area contributed by atoms with Crippen LogP contribution in [0.4, 0.5) is 0 Å². The van der Waals surface area contributed by atoms with Crippen molar-refractivity contribution in [3.63, 3.8) is 0 Å². The number of likely N-dealkylation sites (N-methyl/N-ethyl adjacent to an activating group) is 1. The van der Waals surface area contributed by atoms with Crippen molar-refractivity contribution in [1.29, 1.82) is 0 Å². The lowest BCUT2D eigenvalue weighted by Crippen LogP contribution is -2.61. The minimum Gasteiger partial charge on any atom is -0.391 e. The maximum atomic E-state index is 13.8. The minimum absolute atomic E-state index is 0.0197. The van der Waals surface area contributed by atoms with Crippen LogP contribution in [0.2, 0.25) is 0 Å². The molecule has 0 aromatic rings. The summed E-state index contributed by atoms with van der Waals surface area (Å²) in [5.74, 6) is -5.38. The van der Waals surface area contributed by atoms with Gasteiger partial charge in [-0.05, 0) is 77.5 Å². The van der Waals surface area contributed by atoms with Crippen LogP contribution in [0.1, 0.15) is 73.1 Å². The molecule has 0 spiro atoms. The van der Waals surface area contributed by atoms with Crippen molar-refractivity contribution < 1.29 is 38.7 Å². The molecule has 52 heavy (non-hydrogen) atoms. The number of aliphatic hydroxyl groups excluding tert-OH is 1. The summed E-state index contributed by atoms with van der Waals surface area (Å²) in [5, 5.41) is 31.6. The summed E-state index contributed by atoms with van der Waals surface area (Å²) >= 11 is 0. The first-order valence-electron chi connectivity index (χ1n) is 18.1. The zero-order chi connectivity index (χ0) is 39.5. The van der Waals surface area contributed by atoms with Crippen LogP contribution in [-0.4, -0.2) is 128 Å². The normalized spacial score (nSPS) is 28.0. The molecule has 1 fully saturated rings. The van der Waals surface area contributed by atoms with E-state index in [1.165, 1.54) is 14.0 Å². The summed E-state index contributed by atoms with van der Waals surface area (Å²) in [6.07, 6.45) is -0.675. The molecule has 0 aromatic carbocycles. The lowest BCUT2D eigenvalue weighted by Gasteiger charge is -2.30. The lowest BCUT2D eigenvalue weighted by atomic mass is 9.96. The van der Waals surface area contributed by atoms with Crippen molar-refractivity contribution in [1.82, 2.24) is 42.5 Å². The number of nitrogens with two attached hydrogens (primary N) is 3. The van der Waals surface area contributed by atoms with Crippen molar-refractivity contribution in [2.75, 3.05) is 33.2 Å². The number of rotatable bonds is 12. The van der Waals surface area contributed by atoms with Crippen LogP contribution in [0.15, 0.2) is 0 Å². The fraction of sp³-hybridized carbons (Fsp3) is 0.788. The van der Waals surface area contributed by atoms with E-state index in [1.807, 2.05) is 20.8 Å². The summed E-state index contributed by atoms with van der Waals surface area (Å²) < 4.78 is 0. The molecule has 19 heteroatoms. The van der Waals surface area contributed by atoms with Crippen LogP contribution in [-0.2, 0) is 33.6 Å². The summed E-state index contributed by atoms with van der Waals surface area (Å²) in [6.45, 7) is 8.49. The average Bonchev–Trinajstić information content (AvgIpc) is 3.08. The summed E-state index contributed by atoms with van der Waals surface area (Å²) in [5.41, 5.74) is 17.3. The van der Waals surface area contributed by atoms with Gasteiger partial charge >= 0.3 is 0 Å². The van der Waals surface area contributed by atoms with Crippen LogP contribution in [0.3, 0.4) is 0 Å². The van der Waals surface area contributed by atoms with Gasteiger partial charge < -0.3 is 64.8 Å². The SMILES string of the molecule is CCC(C)C1NC(=O)C(CC(C)C)NC(=O)C(CCN)NC(=O)C(NC)CCNC(=O)C(C(C)O)NC(=O)C(CCN)NC(=O)C(CCN)NC1=O. The van der Waals surface area contributed by atoms with Gasteiger partial charge in [-0.2, -0.15) is 0 Å². The molecule has 298 valence electrons. The van der Waals surface area contributed by atoms with E-state index in [0.29, 0.717) is 6.42 Å². The van der Waals surface area contributed by atoms with Crippen molar-refractivity contribution >= 4 is 41.4 Å². The van der Waals surface area contributed by atoms with E-state index >= 15 is 0 Å². The number of carbonyl (C=O) groups is 7. The molecule has 9 atom stereocenters. The fourth-order valence-electron chi connectivity index (χ4n) is 5.56. The van der Waals surface area contributed by atoms with Gasteiger partial charge in [0.1, 0.15) is 36.3 Å². The van der Waals surface area contributed by atoms with Crippen molar-refractivity contribution in [3.8, 4) is 0 Å². The third-order valence-electron chi connectivity index (χ3n) is 8.86. The Morgan fingerprint density at radius 1 is 0.635 bits per heavy atom. The van der Waals surface area contributed by atoms with Gasteiger partial charge in [-0.3, -0.25) is 33.6 Å². The van der Waals surface area contributed by atoms with Crippen LogP contribution in [0.25, 0.3) is 0 Å². The van der Waals surface area contributed by atoms with E-state index in [2.05, 4.69) is 42.5 Å². The second-order valence-electron chi connectivity index (χ2n) is 13.6. The molecule has 1 aliphatic heterocycles. The highest BCUT2D eigenvalue weighted by molar-refractivity contribution is 5.97. The first-order chi connectivity index (χ1) is 24.5. The van der Waals surface area contributed by atoms with Gasteiger partial charge in [0.15, 0.2) is 0 Å². The molecule has 1 aliphatic rings. The number of hydrogen-bond donors (Lipinski definition) is 12. The van der Waals surface area contributed by atoms with Gasteiger partial charge in [-0.15, -0.1) is 0 Å². The molecule has 19 nitrogen and oxygen atoms in total. The number of amides is 7. The Bertz CT molecular complexity index is 1200. The maximum Gasteiger partial charge on any atom is 0.245 e. The second-order valence-corrected chi connectivity index (χ2v) is 13.6. The topological polar surface area (TPSA) is 314 Å². The Hall–Kier alpha value is -3.91. The van der Waals surface area contributed by atoms with Gasteiger partial charge in [0, 0.05) is 6.54 Å². The molecule has 0 saturated carbocycles. The van der Waals surface area contributed by atoms with Gasteiger partial charge in [0.2, 0.25) is 41.4 Å². The molecular formula is C33H63N11O8. The van der Waals surface area contributed by atoms with E-state index in [-0.39, 0.29) is 64.2 Å². The van der Waals surface area contributed by atoms with E-state index in [1.54, 1.807) is 6.92 Å². The predicted molar refractivity (Wildman–Crippen MR) is 194 cm³/mol.